The Bertz CT molecular complexity index is 809. The van der Waals surface area contributed by atoms with Gasteiger partial charge in [0.25, 0.3) is 0 Å². The highest BCUT2D eigenvalue weighted by Crippen LogP contribution is 2.30. The summed E-state index contributed by atoms with van der Waals surface area (Å²) in [5, 5.41) is 6.85. The van der Waals surface area contributed by atoms with E-state index in [1.165, 1.54) is 16.7 Å². The minimum atomic E-state index is -0.342. The van der Waals surface area contributed by atoms with Gasteiger partial charge in [0.15, 0.2) is 0 Å². The first-order chi connectivity index (χ1) is 13.1. The monoisotopic (exact) mass is 366 g/mol. The molecule has 0 spiro atoms. The van der Waals surface area contributed by atoms with Crippen LogP contribution in [0.15, 0.2) is 36.7 Å². The molecule has 2 aliphatic rings. The Hall–Kier alpha value is -2.63. The van der Waals surface area contributed by atoms with Crippen molar-refractivity contribution in [3.63, 3.8) is 0 Å². The van der Waals surface area contributed by atoms with Gasteiger partial charge < -0.3 is 9.80 Å². The molecule has 2 fully saturated rings. The topological polar surface area (TPSA) is 69.3 Å². The van der Waals surface area contributed by atoms with E-state index >= 15 is 0 Å². The molecule has 3 heterocycles. The summed E-state index contributed by atoms with van der Waals surface area (Å²) in [6.45, 7) is 4.68. The lowest BCUT2D eigenvalue weighted by atomic mass is 9.91. The van der Waals surface area contributed by atoms with Crippen molar-refractivity contribution in [2.45, 2.75) is 38.0 Å². The molecule has 2 aliphatic heterocycles. The van der Waals surface area contributed by atoms with Crippen molar-refractivity contribution in [2.75, 3.05) is 26.2 Å². The van der Waals surface area contributed by atoms with Crippen LogP contribution in [0.1, 0.15) is 47.8 Å². The number of hydrogen-bond acceptors (Lipinski definition) is 3. The summed E-state index contributed by atoms with van der Waals surface area (Å²) in [6.07, 6.45) is 6.45. The van der Waals surface area contributed by atoms with Gasteiger partial charge in [0.05, 0.1) is 6.20 Å². The van der Waals surface area contributed by atoms with Crippen LogP contribution in [0.2, 0.25) is 0 Å². The maximum Gasteiger partial charge on any atom is 0.312 e. The van der Waals surface area contributed by atoms with Crippen molar-refractivity contribution in [1.29, 1.82) is 0 Å². The normalized spacial score (nSPS) is 20.9. The van der Waals surface area contributed by atoms with Gasteiger partial charge in [-0.1, -0.05) is 24.3 Å². The van der Waals surface area contributed by atoms with E-state index in [1.807, 2.05) is 24.5 Å². The number of H-pyrrole nitrogens is 1. The van der Waals surface area contributed by atoms with Crippen molar-refractivity contribution in [3.05, 3.63) is 53.3 Å². The molecule has 1 N–H and O–H groups in total. The van der Waals surface area contributed by atoms with Crippen molar-refractivity contribution < 1.29 is 9.59 Å². The van der Waals surface area contributed by atoms with Gasteiger partial charge in [-0.05, 0) is 48.8 Å². The van der Waals surface area contributed by atoms with Crippen molar-refractivity contribution >= 4 is 11.8 Å². The Morgan fingerprint density at radius 2 is 1.67 bits per heavy atom. The number of nitrogens with one attached hydrogen (secondary N) is 1. The molecule has 2 aromatic rings. The molecule has 6 nitrogen and oxygen atoms in total. The van der Waals surface area contributed by atoms with Crippen molar-refractivity contribution in [1.82, 2.24) is 20.0 Å². The molecule has 2 saturated heterocycles. The SMILES string of the molecule is Cc1ccccc1C1CCN(C(=O)C(=O)N2CCC(c3cn[nH]c3)CC2)C1. The molecule has 0 radical (unpaired) electrons. The number of carbonyl (C=O) groups excluding carboxylic acids is 2. The van der Waals surface area contributed by atoms with Gasteiger partial charge in [0, 0.05) is 38.3 Å². The van der Waals surface area contributed by atoms with E-state index in [9.17, 15) is 9.59 Å². The number of aromatic amines is 1. The summed E-state index contributed by atoms with van der Waals surface area (Å²) in [6, 6.07) is 8.32. The smallest absolute Gasteiger partial charge is 0.312 e. The number of nitrogens with zero attached hydrogens (tertiary/aromatic N) is 3. The van der Waals surface area contributed by atoms with Crippen LogP contribution in [0.3, 0.4) is 0 Å². The van der Waals surface area contributed by atoms with Crippen LogP contribution < -0.4 is 0 Å². The van der Waals surface area contributed by atoms with E-state index < -0.39 is 0 Å². The maximum atomic E-state index is 12.7. The van der Waals surface area contributed by atoms with Crippen LogP contribution in [0.4, 0.5) is 0 Å². The molecule has 0 bridgehead atoms. The third kappa shape index (κ3) is 3.61. The quantitative estimate of drug-likeness (QED) is 0.830. The second-order valence-electron chi connectivity index (χ2n) is 7.69. The Morgan fingerprint density at radius 3 is 2.37 bits per heavy atom. The molecule has 6 heteroatoms. The molecule has 1 aromatic carbocycles. The fraction of sp³-hybridized carbons (Fsp3) is 0.476. The molecule has 1 aromatic heterocycles. The highest BCUT2D eigenvalue weighted by atomic mass is 16.2. The van der Waals surface area contributed by atoms with E-state index in [4.69, 9.17) is 0 Å². The molecular weight excluding hydrogens is 340 g/mol. The fourth-order valence-corrected chi connectivity index (χ4v) is 4.41. The molecule has 2 amide bonds. The summed E-state index contributed by atoms with van der Waals surface area (Å²) in [4.78, 5) is 28.9. The van der Waals surface area contributed by atoms with Crippen LogP contribution in [-0.2, 0) is 9.59 Å². The number of piperidine rings is 1. The summed E-state index contributed by atoms with van der Waals surface area (Å²) in [5.41, 5.74) is 3.74. The van der Waals surface area contributed by atoms with Gasteiger partial charge in [0.2, 0.25) is 0 Å². The first-order valence-corrected chi connectivity index (χ1v) is 9.76. The van der Waals surface area contributed by atoms with Gasteiger partial charge in [-0.3, -0.25) is 14.7 Å². The number of carbonyl (C=O) groups is 2. The number of aryl methyl sites for hydroxylation is 1. The Kier molecular flexibility index (Phi) is 4.97. The van der Waals surface area contributed by atoms with Crippen LogP contribution >= 0.6 is 0 Å². The van der Waals surface area contributed by atoms with Crippen LogP contribution in [0, 0.1) is 6.92 Å². The van der Waals surface area contributed by atoms with E-state index in [1.54, 1.807) is 9.80 Å². The third-order valence-electron chi connectivity index (χ3n) is 6.06. The average Bonchev–Trinajstić information content (AvgIpc) is 3.39. The molecule has 4 rings (SSSR count). The highest BCUT2D eigenvalue weighted by Gasteiger charge is 2.35. The van der Waals surface area contributed by atoms with Gasteiger partial charge in [-0.15, -0.1) is 0 Å². The van der Waals surface area contributed by atoms with Crippen molar-refractivity contribution in [3.8, 4) is 0 Å². The lowest BCUT2D eigenvalue weighted by molar-refractivity contribution is -0.151. The summed E-state index contributed by atoms with van der Waals surface area (Å²) < 4.78 is 0. The summed E-state index contributed by atoms with van der Waals surface area (Å²) >= 11 is 0. The second-order valence-corrected chi connectivity index (χ2v) is 7.69. The lowest BCUT2D eigenvalue weighted by Gasteiger charge is -2.32. The number of rotatable bonds is 2. The fourth-order valence-electron chi connectivity index (χ4n) is 4.41. The average molecular weight is 366 g/mol. The number of hydrogen-bond donors (Lipinski definition) is 1. The minimum absolute atomic E-state index is 0.328. The van der Waals surface area contributed by atoms with Gasteiger partial charge in [-0.25, -0.2) is 0 Å². The van der Waals surface area contributed by atoms with Crippen LogP contribution in [0.25, 0.3) is 0 Å². The van der Waals surface area contributed by atoms with Gasteiger partial charge >= 0.3 is 11.8 Å². The number of aromatic nitrogens is 2. The molecule has 0 saturated carbocycles. The molecular formula is C21H26N4O2. The molecule has 1 atom stereocenters. The van der Waals surface area contributed by atoms with E-state index in [2.05, 4.69) is 29.3 Å². The molecule has 1 unspecified atom stereocenters. The maximum absolute atomic E-state index is 12.7. The molecule has 0 aliphatic carbocycles. The minimum Gasteiger partial charge on any atom is -0.334 e. The van der Waals surface area contributed by atoms with Crippen LogP contribution in [-0.4, -0.2) is 58.0 Å². The number of amides is 2. The predicted molar refractivity (Wildman–Crippen MR) is 102 cm³/mol. The first-order valence-electron chi connectivity index (χ1n) is 9.76. The molecule has 142 valence electrons. The van der Waals surface area contributed by atoms with Crippen LogP contribution in [0.5, 0.6) is 0 Å². The van der Waals surface area contributed by atoms with E-state index in [0.717, 1.165) is 19.3 Å². The predicted octanol–water partition coefficient (Wildman–Crippen LogP) is 2.44. The summed E-state index contributed by atoms with van der Waals surface area (Å²) in [7, 11) is 0. The van der Waals surface area contributed by atoms with Gasteiger partial charge in [-0.2, -0.15) is 5.10 Å². The second kappa shape index (κ2) is 7.55. The zero-order valence-electron chi connectivity index (χ0n) is 15.7. The first kappa shape index (κ1) is 17.8. The Balaban J connectivity index is 1.33. The van der Waals surface area contributed by atoms with Crippen molar-refractivity contribution in [2.24, 2.45) is 0 Å². The standard InChI is InChI=1S/C21H26N4O2/c1-15-4-2-3-5-19(15)17-8-11-25(14-17)21(27)20(26)24-9-6-16(7-10-24)18-12-22-23-13-18/h2-5,12-13,16-17H,6-11,14H2,1H3,(H,22,23). The third-order valence-corrected chi connectivity index (χ3v) is 6.06. The van der Waals surface area contributed by atoms with E-state index in [0.29, 0.717) is 38.0 Å². The Labute approximate surface area is 159 Å². The number of likely N-dealkylation sites (tertiary alicyclic amines) is 2. The lowest BCUT2D eigenvalue weighted by Crippen LogP contribution is -2.47. The summed E-state index contributed by atoms with van der Waals surface area (Å²) in [5.74, 6) is 0.0637. The zero-order chi connectivity index (χ0) is 18.8. The largest absolute Gasteiger partial charge is 0.334 e. The zero-order valence-corrected chi connectivity index (χ0v) is 15.7. The van der Waals surface area contributed by atoms with Gasteiger partial charge in [0.1, 0.15) is 0 Å². The highest BCUT2D eigenvalue weighted by molar-refractivity contribution is 6.35. The number of benzene rings is 1. The van der Waals surface area contributed by atoms with E-state index in [-0.39, 0.29) is 11.8 Å². The Morgan fingerprint density at radius 1 is 1.00 bits per heavy atom. The molecule has 27 heavy (non-hydrogen) atoms.